The van der Waals surface area contributed by atoms with Gasteiger partial charge in [0.2, 0.25) is 5.91 Å². The highest BCUT2D eigenvalue weighted by Crippen LogP contribution is 2.15. The maximum Gasteiger partial charge on any atom is 0.220 e. The predicted octanol–water partition coefficient (Wildman–Crippen LogP) is 16.6. The molecule has 0 aliphatic carbocycles. The predicted molar refractivity (Wildman–Crippen MR) is 266 cm³/mol. The molecule has 0 saturated heterocycles. The van der Waals surface area contributed by atoms with Gasteiger partial charge < -0.3 is 15.5 Å². The van der Waals surface area contributed by atoms with E-state index in [-0.39, 0.29) is 12.5 Å². The van der Waals surface area contributed by atoms with Crippen LogP contribution in [-0.4, -0.2) is 34.9 Å². The Morgan fingerprint density at radius 1 is 0.417 bits per heavy atom. The van der Waals surface area contributed by atoms with Crippen molar-refractivity contribution in [2.45, 2.75) is 244 Å². The quantitative estimate of drug-likeness (QED) is 0.0423. The average Bonchev–Trinajstić information content (AvgIpc) is 3.25. The van der Waals surface area contributed by atoms with Crippen LogP contribution >= 0.6 is 0 Å². The zero-order valence-electron chi connectivity index (χ0n) is 39.4. The fraction of sp³-hybridized carbons (Fsp3) is 0.696. The summed E-state index contributed by atoms with van der Waals surface area (Å²) in [5.74, 6) is -0.137. The Balaban J connectivity index is 3.65. The van der Waals surface area contributed by atoms with Crippen LogP contribution in [0.1, 0.15) is 232 Å². The summed E-state index contributed by atoms with van der Waals surface area (Å²) in [6.45, 7) is 4.16. The van der Waals surface area contributed by atoms with Crippen LogP contribution in [0, 0.1) is 0 Å². The first-order chi connectivity index (χ1) is 29.7. The number of unbranched alkanes of at least 4 members (excludes halogenated alkanes) is 24. The summed E-state index contributed by atoms with van der Waals surface area (Å²) in [7, 11) is 0. The van der Waals surface area contributed by atoms with E-state index in [1.165, 1.54) is 141 Å². The minimum Gasteiger partial charge on any atom is -0.394 e. The Morgan fingerprint density at radius 2 is 0.750 bits per heavy atom. The van der Waals surface area contributed by atoms with Gasteiger partial charge in [-0.1, -0.05) is 239 Å². The zero-order valence-corrected chi connectivity index (χ0v) is 39.4. The second-order valence-electron chi connectivity index (χ2n) is 16.8. The minimum absolute atomic E-state index is 0.137. The first-order valence-corrected chi connectivity index (χ1v) is 25.5. The number of allylic oxidation sites excluding steroid dienone is 15. The highest BCUT2D eigenvalue weighted by molar-refractivity contribution is 5.76. The van der Waals surface area contributed by atoms with Crippen molar-refractivity contribution >= 4 is 5.91 Å². The number of hydrogen-bond donors (Lipinski definition) is 3. The molecule has 0 spiro atoms. The molecular weight excluding hydrogens is 735 g/mol. The van der Waals surface area contributed by atoms with Crippen LogP contribution in [0.5, 0.6) is 0 Å². The molecule has 3 N–H and O–H groups in total. The first-order valence-electron chi connectivity index (χ1n) is 25.5. The highest BCUT2D eigenvalue weighted by Gasteiger charge is 2.17. The Labute approximate surface area is 373 Å². The van der Waals surface area contributed by atoms with Crippen molar-refractivity contribution in [2.24, 2.45) is 0 Å². The van der Waals surface area contributed by atoms with E-state index in [1.54, 1.807) is 6.08 Å². The molecule has 0 bridgehead atoms. The molecule has 0 radical (unpaired) electrons. The van der Waals surface area contributed by atoms with Gasteiger partial charge in [-0.15, -0.1) is 0 Å². The fourth-order valence-electron chi connectivity index (χ4n) is 7.19. The van der Waals surface area contributed by atoms with Gasteiger partial charge in [0.1, 0.15) is 0 Å². The van der Waals surface area contributed by atoms with E-state index in [2.05, 4.69) is 104 Å². The number of carbonyl (C=O) groups excluding carboxylic acids is 1. The van der Waals surface area contributed by atoms with Crippen LogP contribution < -0.4 is 5.32 Å². The summed E-state index contributed by atoms with van der Waals surface area (Å²) >= 11 is 0. The van der Waals surface area contributed by atoms with E-state index >= 15 is 0 Å². The van der Waals surface area contributed by atoms with Crippen molar-refractivity contribution in [3.63, 3.8) is 0 Å². The second kappa shape index (κ2) is 50.7. The van der Waals surface area contributed by atoms with E-state index in [0.29, 0.717) is 6.42 Å². The molecule has 344 valence electrons. The van der Waals surface area contributed by atoms with Crippen molar-refractivity contribution in [3.8, 4) is 0 Å². The Hall–Kier alpha value is -2.69. The van der Waals surface area contributed by atoms with E-state index in [0.717, 1.165) is 70.6 Å². The van der Waals surface area contributed by atoms with Gasteiger partial charge in [-0.3, -0.25) is 4.79 Å². The average molecular weight is 832 g/mol. The molecule has 2 atom stereocenters. The van der Waals surface area contributed by atoms with Crippen molar-refractivity contribution < 1.29 is 15.0 Å². The molecule has 60 heavy (non-hydrogen) atoms. The largest absolute Gasteiger partial charge is 0.394 e. The molecule has 0 heterocycles. The Kier molecular flexibility index (Phi) is 48.4. The van der Waals surface area contributed by atoms with Crippen LogP contribution in [0.3, 0.4) is 0 Å². The van der Waals surface area contributed by atoms with Crippen molar-refractivity contribution in [1.29, 1.82) is 0 Å². The summed E-state index contributed by atoms with van der Waals surface area (Å²) in [5, 5.41) is 23.0. The van der Waals surface area contributed by atoms with Crippen molar-refractivity contribution in [1.82, 2.24) is 5.32 Å². The van der Waals surface area contributed by atoms with E-state index in [9.17, 15) is 15.0 Å². The van der Waals surface area contributed by atoms with E-state index in [4.69, 9.17) is 0 Å². The molecule has 0 fully saturated rings. The number of aliphatic hydroxyl groups is 2. The molecule has 0 aromatic heterocycles. The van der Waals surface area contributed by atoms with Gasteiger partial charge in [-0.2, -0.15) is 0 Å². The molecule has 0 aliphatic rings. The minimum atomic E-state index is -0.900. The number of amides is 1. The summed E-state index contributed by atoms with van der Waals surface area (Å²) in [5.41, 5.74) is 0. The van der Waals surface area contributed by atoms with Gasteiger partial charge in [-0.05, 0) is 83.5 Å². The van der Waals surface area contributed by atoms with Crippen LogP contribution in [0.4, 0.5) is 0 Å². The fourth-order valence-corrected chi connectivity index (χ4v) is 7.19. The monoisotopic (exact) mass is 832 g/mol. The van der Waals surface area contributed by atoms with Crippen LogP contribution in [0.2, 0.25) is 0 Å². The number of nitrogens with one attached hydrogen (secondary N) is 1. The first kappa shape index (κ1) is 57.3. The molecule has 0 saturated carbocycles. The number of carbonyl (C=O) groups is 1. The Morgan fingerprint density at radius 3 is 1.17 bits per heavy atom. The van der Waals surface area contributed by atoms with Crippen molar-refractivity contribution in [2.75, 3.05) is 6.61 Å². The lowest BCUT2D eigenvalue weighted by molar-refractivity contribution is -0.122. The maximum atomic E-state index is 12.4. The lowest BCUT2D eigenvalue weighted by Crippen LogP contribution is -2.45. The van der Waals surface area contributed by atoms with Gasteiger partial charge in [0, 0.05) is 6.42 Å². The molecule has 4 nitrogen and oxygen atoms in total. The third-order valence-electron chi connectivity index (χ3n) is 11.0. The summed E-state index contributed by atoms with van der Waals surface area (Å²) in [6.07, 6.45) is 75.6. The van der Waals surface area contributed by atoms with Gasteiger partial charge in [0.05, 0.1) is 18.8 Å². The lowest BCUT2D eigenvalue weighted by atomic mass is 10.0. The standard InChI is InChI=1S/C56H97NO3/c1-3-5-7-9-11-13-15-17-19-21-22-23-24-25-26-27-28-29-30-31-32-33-34-36-37-39-41-43-45-47-49-51-55(59)54(53-58)57-56(60)52-50-48-46-44-42-40-38-35-20-18-16-14-12-10-8-6-4-2/h6,8,12,14,18,20,34,36,38,40-41,43-44,46,49,51,54-55,58-59H,3-5,7,9-11,13,15-17,19,21-33,35,37,39,42,45,47-48,50,52-53H2,1-2H3,(H,57,60)/b8-6-,14-12-,20-18-,36-34+,40-38-,43-41+,46-44-,51-49+. The van der Waals surface area contributed by atoms with Crippen molar-refractivity contribution in [3.05, 3.63) is 97.2 Å². The van der Waals surface area contributed by atoms with Crippen LogP contribution in [0.15, 0.2) is 97.2 Å². The second-order valence-corrected chi connectivity index (χ2v) is 16.8. The molecular formula is C56H97NO3. The SMILES string of the molecule is CC/C=C\C/C=C\C/C=C\C/C=C\C/C=C\CCCC(=O)NC(CO)C(O)/C=C/CC/C=C/CC/C=C/CCCCCCCCCCCCCCCCCCCCCCC. The molecule has 0 aromatic rings. The van der Waals surface area contributed by atoms with Gasteiger partial charge >= 0.3 is 0 Å². The Bertz CT molecular complexity index is 1130. The molecule has 0 aromatic carbocycles. The molecule has 1 amide bonds. The summed E-state index contributed by atoms with van der Waals surface area (Å²) in [4.78, 5) is 12.4. The van der Waals surface area contributed by atoms with Gasteiger partial charge in [0.15, 0.2) is 0 Å². The topological polar surface area (TPSA) is 69.6 Å². The molecule has 4 heteroatoms. The normalized spacial score (nSPS) is 13.7. The molecule has 0 rings (SSSR count). The summed E-state index contributed by atoms with van der Waals surface area (Å²) in [6, 6.07) is -0.682. The third kappa shape index (κ3) is 46.4. The smallest absolute Gasteiger partial charge is 0.220 e. The molecule has 2 unspecified atom stereocenters. The highest BCUT2D eigenvalue weighted by atomic mass is 16.3. The van der Waals surface area contributed by atoms with E-state index < -0.39 is 12.1 Å². The van der Waals surface area contributed by atoms with E-state index in [1.807, 2.05) is 6.08 Å². The molecule has 0 aliphatic heterocycles. The number of hydrogen-bond acceptors (Lipinski definition) is 3. The lowest BCUT2D eigenvalue weighted by Gasteiger charge is -2.19. The van der Waals surface area contributed by atoms with Crippen LogP contribution in [0.25, 0.3) is 0 Å². The number of rotatable bonds is 45. The zero-order chi connectivity index (χ0) is 43.5. The third-order valence-corrected chi connectivity index (χ3v) is 11.0. The van der Waals surface area contributed by atoms with Gasteiger partial charge in [-0.25, -0.2) is 0 Å². The number of aliphatic hydroxyl groups excluding tert-OH is 2. The maximum absolute atomic E-state index is 12.4. The van der Waals surface area contributed by atoms with Crippen LogP contribution in [-0.2, 0) is 4.79 Å². The van der Waals surface area contributed by atoms with Gasteiger partial charge in [0.25, 0.3) is 0 Å². The summed E-state index contributed by atoms with van der Waals surface area (Å²) < 4.78 is 0.